The van der Waals surface area contributed by atoms with Crippen LogP contribution in [0.2, 0.25) is 0 Å². The molecule has 0 aromatic heterocycles. The second-order valence-electron chi connectivity index (χ2n) is 7.84. The molecule has 3 aromatic rings. The summed E-state index contributed by atoms with van der Waals surface area (Å²) in [4.78, 5) is 30.1. The molecule has 0 bridgehead atoms. The molecular weight excluding hydrogens is 448 g/mol. The van der Waals surface area contributed by atoms with Crippen LogP contribution in [0.4, 0.5) is 11.4 Å². The number of para-hydroxylation sites is 1. The van der Waals surface area contributed by atoms with Gasteiger partial charge in [0.15, 0.2) is 16.6 Å². The molecule has 0 atom stereocenters. The predicted octanol–water partition coefficient (Wildman–Crippen LogP) is 5.07. The second kappa shape index (κ2) is 9.49. The Bertz CT molecular complexity index is 1320. The number of amides is 2. The topological polar surface area (TPSA) is 59.1 Å². The van der Waals surface area contributed by atoms with Crippen LogP contribution in [0.5, 0.6) is 11.5 Å². The minimum absolute atomic E-state index is 0.0112. The number of hydrogen-bond acceptors (Lipinski definition) is 5. The number of methoxy groups -OCH3 is 2. The first kappa shape index (κ1) is 23.2. The van der Waals surface area contributed by atoms with Crippen molar-refractivity contribution in [2.75, 3.05) is 24.0 Å². The first-order chi connectivity index (χ1) is 16.3. The van der Waals surface area contributed by atoms with E-state index in [1.54, 1.807) is 43.5 Å². The number of carbonyl (C=O) groups is 2. The maximum atomic E-state index is 13.7. The van der Waals surface area contributed by atoms with Crippen LogP contribution in [0.25, 0.3) is 6.08 Å². The van der Waals surface area contributed by atoms with Crippen molar-refractivity contribution < 1.29 is 19.1 Å². The lowest BCUT2D eigenvalue weighted by Gasteiger charge is -2.36. The molecule has 0 saturated carbocycles. The number of thiocarbonyl (C=S) groups is 1. The molecule has 172 valence electrons. The third kappa shape index (κ3) is 4.18. The zero-order valence-corrected chi connectivity index (χ0v) is 20.2. The molecule has 0 N–H and O–H groups in total. The van der Waals surface area contributed by atoms with Crippen LogP contribution in [-0.4, -0.2) is 31.1 Å². The number of rotatable bonds is 5. The van der Waals surface area contributed by atoms with Crippen LogP contribution in [0.15, 0.2) is 72.3 Å². The van der Waals surface area contributed by atoms with Gasteiger partial charge in [-0.3, -0.25) is 19.4 Å². The van der Waals surface area contributed by atoms with E-state index in [0.29, 0.717) is 28.4 Å². The number of carbonyl (C=O) groups excluding carboxylic acids is 2. The number of ether oxygens (including phenoxy) is 2. The van der Waals surface area contributed by atoms with Crippen LogP contribution in [-0.2, 0) is 9.59 Å². The van der Waals surface area contributed by atoms with Crippen molar-refractivity contribution in [3.8, 4) is 11.5 Å². The number of benzene rings is 3. The zero-order chi connectivity index (χ0) is 24.4. The van der Waals surface area contributed by atoms with Gasteiger partial charge >= 0.3 is 0 Å². The smallest absolute Gasteiger partial charge is 0.270 e. The Balaban J connectivity index is 1.87. The van der Waals surface area contributed by atoms with E-state index >= 15 is 0 Å². The summed E-state index contributed by atoms with van der Waals surface area (Å²) >= 11 is 5.68. The SMILES string of the molecule is COc1ccc(/C=C2\C(=O)N(c3ccccc3)C(=S)N(c3ccc(C)c(C)c3)C2=O)cc1OC. The van der Waals surface area contributed by atoms with Gasteiger partial charge in [0.1, 0.15) is 5.57 Å². The number of hydrogen-bond donors (Lipinski definition) is 0. The van der Waals surface area contributed by atoms with Crippen LogP contribution in [0, 0.1) is 13.8 Å². The van der Waals surface area contributed by atoms with E-state index in [2.05, 4.69) is 0 Å². The van der Waals surface area contributed by atoms with E-state index < -0.39 is 11.8 Å². The molecule has 0 unspecified atom stereocenters. The second-order valence-corrected chi connectivity index (χ2v) is 8.21. The van der Waals surface area contributed by atoms with Crippen molar-refractivity contribution in [2.45, 2.75) is 13.8 Å². The van der Waals surface area contributed by atoms with Gasteiger partial charge < -0.3 is 9.47 Å². The van der Waals surface area contributed by atoms with Crippen LogP contribution in [0.1, 0.15) is 16.7 Å². The Kier molecular flexibility index (Phi) is 6.47. The van der Waals surface area contributed by atoms with Gasteiger partial charge in [0.25, 0.3) is 11.8 Å². The Morgan fingerprint density at radius 1 is 0.735 bits per heavy atom. The van der Waals surface area contributed by atoms with Gasteiger partial charge in [-0.15, -0.1) is 0 Å². The largest absolute Gasteiger partial charge is 0.493 e. The van der Waals surface area contributed by atoms with Crippen molar-refractivity contribution in [3.63, 3.8) is 0 Å². The molecule has 0 radical (unpaired) electrons. The molecule has 1 fully saturated rings. The quantitative estimate of drug-likeness (QED) is 0.295. The van der Waals surface area contributed by atoms with Gasteiger partial charge in [-0.05, 0) is 85.2 Å². The van der Waals surface area contributed by atoms with Gasteiger partial charge in [0.05, 0.1) is 25.6 Å². The summed E-state index contributed by atoms with van der Waals surface area (Å²) in [5.41, 5.74) is 3.90. The van der Waals surface area contributed by atoms with E-state index in [1.165, 1.54) is 16.9 Å². The molecule has 34 heavy (non-hydrogen) atoms. The first-order valence-corrected chi connectivity index (χ1v) is 11.1. The molecule has 4 rings (SSSR count). The maximum absolute atomic E-state index is 13.7. The normalized spacial score (nSPS) is 15.2. The lowest BCUT2D eigenvalue weighted by atomic mass is 10.0. The van der Waals surface area contributed by atoms with Crippen molar-refractivity contribution in [1.82, 2.24) is 0 Å². The molecule has 1 heterocycles. The fourth-order valence-electron chi connectivity index (χ4n) is 3.74. The summed E-state index contributed by atoms with van der Waals surface area (Å²) in [7, 11) is 3.08. The fourth-order valence-corrected chi connectivity index (χ4v) is 4.11. The van der Waals surface area contributed by atoms with E-state index in [9.17, 15) is 9.59 Å². The van der Waals surface area contributed by atoms with Gasteiger partial charge in [-0.25, -0.2) is 0 Å². The monoisotopic (exact) mass is 472 g/mol. The van der Waals surface area contributed by atoms with Crippen molar-refractivity contribution in [3.05, 3.63) is 89.0 Å². The molecule has 2 amide bonds. The van der Waals surface area contributed by atoms with Gasteiger partial charge in [0, 0.05) is 0 Å². The highest BCUT2D eigenvalue weighted by Crippen LogP contribution is 2.32. The van der Waals surface area contributed by atoms with E-state index in [-0.39, 0.29) is 10.7 Å². The molecule has 1 saturated heterocycles. The van der Waals surface area contributed by atoms with E-state index in [0.717, 1.165) is 11.1 Å². The van der Waals surface area contributed by atoms with E-state index in [1.807, 2.05) is 50.2 Å². The van der Waals surface area contributed by atoms with Crippen LogP contribution in [0.3, 0.4) is 0 Å². The summed E-state index contributed by atoms with van der Waals surface area (Å²) < 4.78 is 10.7. The summed E-state index contributed by atoms with van der Waals surface area (Å²) in [5.74, 6) is 0.0695. The highest BCUT2D eigenvalue weighted by Gasteiger charge is 2.41. The van der Waals surface area contributed by atoms with Crippen LogP contribution >= 0.6 is 12.2 Å². The number of anilines is 2. The molecule has 0 spiro atoms. The third-order valence-electron chi connectivity index (χ3n) is 5.73. The summed E-state index contributed by atoms with van der Waals surface area (Å²) in [6, 6.07) is 19.9. The predicted molar refractivity (Wildman–Crippen MR) is 137 cm³/mol. The molecule has 3 aromatic carbocycles. The minimum Gasteiger partial charge on any atom is -0.493 e. The lowest BCUT2D eigenvalue weighted by Crippen LogP contribution is -2.57. The van der Waals surface area contributed by atoms with Crippen molar-refractivity contribution in [2.24, 2.45) is 0 Å². The maximum Gasteiger partial charge on any atom is 0.270 e. The average Bonchev–Trinajstić information content (AvgIpc) is 2.84. The number of aryl methyl sites for hydroxylation is 2. The molecule has 1 aliphatic heterocycles. The first-order valence-electron chi connectivity index (χ1n) is 10.6. The van der Waals surface area contributed by atoms with E-state index in [4.69, 9.17) is 21.7 Å². The van der Waals surface area contributed by atoms with Crippen LogP contribution < -0.4 is 19.3 Å². The standard InChI is InChI=1S/C27H24N2O4S/c1-17-10-12-21(14-18(17)2)29-26(31)22(15-19-11-13-23(32-3)24(16-19)33-4)25(30)28(27(29)34)20-8-6-5-7-9-20/h5-16H,1-4H3/b22-15+. The summed E-state index contributed by atoms with van der Waals surface area (Å²) in [6.07, 6.45) is 1.55. The third-order valence-corrected chi connectivity index (χ3v) is 6.10. The summed E-state index contributed by atoms with van der Waals surface area (Å²) in [6.45, 7) is 3.97. The molecule has 7 heteroatoms. The highest BCUT2D eigenvalue weighted by atomic mass is 32.1. The zero-order valence-electron chi connectivity index (χ0n) is 19.4. The lowest BCUT2D eigenvalue weighted by molar-refractivity contribution is -0.120. The molecular formula is C27H24N2O4S. The minimum atomic E-state index is -0.490. The fraction of sp³-hybridized carbons (Fsp3) is 0.148. The van der Waals surface area contributed by atoms with Gasteiger partial charge in [-0.1, -0.05) is 30.3 Å². The molecule has 6 nitrogen and oxygen atoms in total. The van der Waals surface area contributed by atoms with Gasteiger partial charge in [0.2, 0.25) is 0 Å². The Hall–Kier alpha value is -3.97. The molecule has 0 aliphatic carbocycles. The molecule has 1 aliphatic rings. The summed E-state index contributed by atoms with van der Waals surface area (Å²) in [5, 5.41) is 0.105. The van der Waals surface area contributed by atoms with Crippen molar-refractivity contribution in [1.29, 1.82) is 0 Å². The highest BCUT2D eigenvalue weighted by molar-refractivity contribution is 7.81. The number of nitrogens with zero attached hydrogens (tertiary/aromatic N) is 2. The van der Waals surface area contributed by atoms with Crippen molar-refractivity contribution >= 4 is 46.6 Å². The van der Waals surface area contributed by atoms with Gasteiger partial charge in [-0.2, -0.15) is 0 Å². The average molecular weight is 473 g/mol. The Labute approximate surface area is 204 Å². The Morgan fingerprint density at radius 3 is 2.00 bits per heavy atom. The Morgan fingerprint density at radius 2 is 1.38 bits per heavy atom.